The molecular weight excluding hydrogens is 252 g/mol. The number of rotatable bonds is 4. The van der Waals surface area contributed by atoms with E-state index >= 15 is 0 Å². The molecule has 1 aliphatic heterocycles. The molecule has 0 amide bonds. The lowest BCUT2D eigenvalue weighted by Gasteiger charge is -2.19. The van der Waals surface area contributed by atoms with Crippen molar-refractivity contribution in [3.63, 3.8) is 0 Å². The van der Waals surface area contributed by atoms with Crippen LogP contribution in [0.15, 0.2) is 35.1 Å². The van der Waals surface area contributed by atoms with Gasteiger partial charge in [-0.2, -0.15) is 0 Å². The van der Waals surface area contributed by atoms with Gasteiger partial charge >= 0.3 is 0 Å². The first kappa shape index (κ1) is 13.3. The van der Waals surface area contributed by atoms with Crippen LogP contribution in [0.1, 0.15) is 12.2 Å². The Morgan fingerprint density at radius 1 is 1.35 bits per heavy atom. The van der Waals surface area contributed by atoms with Gasteiger partial charge in [0.05, 0.1) is 6.54 Å². The molecule has 0 aliphatic carbocycles. The molecule has 5 nitrogen and oxygen atoms in total. The summed E-state index contributed by atoms with van der Waals surface area (Å²) in [5.41, 5.74) is 1.92. The van der Waals surface area contributed by atoms with Crippen molar-refractivity contribution in [1.29, 1.82) is 0 Å². The van der Waals surface area contributed by atoms with Gasteiger partial charge in [-0.05, 0) is 32.6 Å². The van der Waals surface area contributed by atoms with Crippen molar-refractivity contribution >= 4 is 0 Å². The van der Waals surface area contributed by atoms with Gasteiger partial charge in [0.15, 0.2) is 5.76 Å². The summed E-state index contributed by atoms with van der Waals surface area (Å²) in [6, 6.07) is 6.56. The van der Waals surface area contributed by atoms with Crippen LogP contribution in [-0.2, 0) is 6.54 Å². The van der Waals surface area contributed by atoms with Crippen molar-refractivity contribution in [2.24, 2.45) is 0 Å². The molecule has 1 saturated heterocycles. The quantitative estimate of drug-likeness (QED) is 0.850. The van der Waals surface area contributed by atoms with E-state index in [9.17, 15) is 0 Å². The van der Waals surface area contributed by atoms with Gasteiger partial charge in [0, 0.05) is 43.2 Å². The van der Waals surface area contributed by atoms with Crippen LogP contribution in [0.3, 0.4) is 0 Å². The summed E-state index contributed by atoms with van der Waals surface area (Å²) in [7, 11) is 4.29. The van der Waals surface area contributed by atoms with E-state index in [1.807, 2.05) is 18.2 Å². The van der Waals surface area contributed by atoms with Crippen molar-refractivity contribution in [3.8, 4) is 11.3 Å². The molecule has 0 N–H and O–H groups in total. The Hall–Kier alpha value is -1.72. The molecule has 1 fully saturated rings. The van der Waals surface area contributed by atoms with Crippen LogP contribution in [0.2, 0.25) is 0 Å². The molecule has 2 aromatic heterocycles. The topological polar surface area (TPSA) is 45.4 Å². The van der Waals surface area contributed by atoms with Crippen LogP contribution in [-0.4, -0.2) is 53.2 Å². The van der Waals surface area contributed by atoms with Gasteiger partial charge in [0.25, 0.3) is 0 Å². The molecule has 1 unspecified atom stereocenters. The number of likely N-dealkylation sites (N-methyl/N-ethyl adjacent to an activating group) is 1. The fraction of sp³-hybridized carbons (Fsp3) is 0.467. The molecule has 0 bridgehead atoms. The summed E-state index contributed by atoms with van der Waals surface area (Å²) < 4.78 is 5.45. The summed E-state index contributed by atoms with van der Waals surface area (Å²) in [5.74, 6) is 0.927. The molecule has 3 rings (SSSR count). The van der Waals surface area contributed by atoms with Gasteiger partial charge in [0.2, 0.25) is 0 Å². The molecule has 3 heterocycles. The van der Waals surface area contributed by atoms with Crippen molar-refractivity contribution in [2.75, 3.05) is 27.2 Å². The number of aromatic nitrogens is 2. The van der Waals surface area contributed by atoms with Crippen LogP contribution in [0.4, 0.5) is 0 Å². The molecule has 0 aromatic carbocycles. The number of hydrogen-bond acceptors (Lipinski definition) is 5. The molecule has 1 atom stereocenters. The monoisotopic (exact) mass is 272 g/mol. The summed E-state index contributed by atoms with van der Waals surface area (Å²) in [5, 5.41) is 4.14. The Labute approximate surface area is 119 Å². The second kappa shape index (κ2) is 5.73. The standard InChI is InChI=1S/C15H20N4O/c1-18(2)13-5-8-19(10-13)11-14-9-15(17-20-14)12-3-6-16-7-4-12/h3-4,6-7,9,13H,5,8,10-11H2,1-2H3. The lowest BCUT2D eigenvalue weighted by atomic mass is 10.2. The summed E-state index contributed by atoms with van der Waals surface area (Å²) >= 11 is 0. The zero-order valence-electron chi connectivity index (χ0n) is 12.0. The van der Waals surface area contributed by atoms with Gasteiger partial charge in [-0.3, -0.25) is 9.88 Å². The van der Waals surface area contributed by atoms with E-state index in [1.54, 1.807) is 12.4 Å². The normalized spacial score (nSPS) is 19.9. The van der Waals surface area contributed by atoms with Crippen LogP contribution in [0.25, 0.3) is 11.3 Å². The van der Waals surface area contributed by atoms with Gasteiger partial charge in [-0.15, -0.1) is 0 Å². The predicted octanol–water partition coefficient (Wildman–Crippen LogP) is 1.87. The highest BCUT2D eigenvalue weighted by atomic mass is 16.5. The summed E-state index contributed by atoms with van der Waals surface area (Å²) in [6.45, 7) is 3.05. The molecule has 106 valence electrons. The van der Waals surface area contributed by atoms with Crippen LogP contribution >= 0.6 is 0 Å². The van der Waals surface area contributed by atoms with E-state index in [0.717, 1.165) is 36.7 Å². The third-order valence-corrected chi connectivity index (χ3v) is 3.89. The molecule has 2 aromatic rings. The molecule has 20 heavy (non-hydrogen) atoms. The molecule has 0 spiro atoms. The molecule has 5 heteroatoms. The first-order valence-electron chi connectivity index (χ1n) is 6.97. The fourth-order valence-electron chi connectivity index (χ4n) is 2.64. The molecule has 0 radical (unpaired) electrons. The first-order valence-corrected chi connectivity index (χ1v) is 6.97. The van der Waals surface area contributed by atoms with Gasteiger partial charge in [-0.25, -0.2) is 0 Å². The number of hydrogen-bond donors (Lipinski definition) is 0. The van der Waals surface area contributed by atoms with Gasteiger partial charge in [-0.1, -0.05) is 5.16 Å². The average Bonchev–Trinajstić information content (AvgIpc) is 3.10. The van der Waals surface area contributed by atoms with E-state index in [-0.39, 0.29) is 0 Å². The maximum atomic E-state index is 5.45. The second-order valence-corrected chi connectivity index (χ2v) is 5.56. The fourth-order valence-corrected chi connectivity index (χ4v) is 2.64. The van der Waals surface area contributed by atoms with E-state index < -0.39 is 0 Å². The van der Waals surface area contributed by atoms with Crippen molar-refractivity contribution < 1.29 is 4.52 Å². The van der Waals surface area contributed by atoms with E-state index in [1.165, 1.54) is 6.42 Å². The van der Waals surface area contributed by atoms with Gasteiger partial charge < -0.3 is 9.42 Å². The minimum absolute atomic E-state index is 0.651. The lowest BCUT2D eigenvalue weighted by molar-refractivity contribution is 0.242. The average molecular weight is 272 g/mol. The maximum absolute atomic E-state index is 5.45. The Morgan fingerprint density at radius 3 is 2.85 bits per heavy atom. The van der Waals surface area contributed by atoms with E-state index in [4.69, 9.17) is 4.52 Å². The van der Waals surface area contributed by atoms with Crippen LogP contribution < -0.4 is 0 Å². The Kier molecular flexibility index (Phi) is 3.80. The second-order valence-electron chi connectivity index (χ2n) is 5.56. The first-order chi connectivity index (χ1) is 9.72. The smallest absolute Gasteiger partial charge is 0.151 e. The van der Waals surface area contributed by atoms with Crippen molar-refractivity contribution in [2.45, 2.75) is 19.0 Å². The Morgan fingerprint density at radius 2 is 2.15 bits per heavy atom. The Balaban J connectivity index is 1.64. The maximum Gasteiger partial charge on any atom is 0.151 e. The van der Waals surface area contributed by atoms with Crippen molar-refractivity contribution in [1.82, 2.24) is 19.9 Å². The highest BCUT2D eigenvalue weighted by Gasteiger charge is 2.24. The number of nitrogens with zero attached hydrogens (tertiary/aromatic N) is 4. The SMILES string of the molecule is CN(C)C1CCN(Cc2cc(-c3ccncc3)no2)C1. The van der Waals surface area contributed by atoms with Gasteiger partial charge in [0.1, 0.15) is 5.69 Å². The number of likely N-dealkylation sites (tertiary alicyclic amines) is 1. The van der Waals surface area contributed by atoms with Crippen LogP contribution in [0.5, 0.6) is 0 Å². The summed E-state index contributed by atoms with van der Waals surface area (Å²) in [4.78, 5) is 8.73. The highest BCUT2D eigenvalue weighted by molar-refractivity contribution is 5.57. The van der Waals surface area contributed by atoms with Crippen LogP contribution in [0, 0.1) is 0 Å². The zero-order chi connectivity index (χ0) is 13.9. The zero-order valence-corrected chi connectivity index (χ0v) is 12.0. The summed E-state index contributed by atoms with van der Waals surface area (Å²) in [6.07, 6.45) is 4.76. The van der Waals surface area contributed by atoms with E-state index in [2.05, 4.69) is 34.0 Å². The molecular formula is C15H20N4O. The minimum atomic E-state index is 0.651. The predicted molar refractivity (Wildman–Crippen MR) is 77.1 cm³/mol. The van der Waals surface area contributed by atoms with Crippen molar-refractivity contribution in [3.05, 3.63) is 36.4 Å². The third-order valence-electron chi connectivity index (χ3n) is 3.89. The molecule has 0 saturated carbocycles. The number of pyridine rings is 1. The van der Waals surface area contributed by atoms with E-state index in [0.29, 0.717) is 6.04 Å². The minimum Gasteiger partial charge on any atom is -0.359 e. The third kappa shape index (κ3) is 2.89. The largest absolute Gasteiger partial charge is 0.359 e. The molecule has 1 aliphatic rings. The Bertz CT molecular complexity index is 552. The highest BCUT2D eigenvalue weighted by Crippen LogP contribution is 2.21. The lowest BCUT2D eigenvalue weighted by Crippen LogP contribution is -2.31.